The molecule has 30 nitrogen and oxygen atoms in total. The molecule has 9 aromatic rings. The van der Waals surface area contributed by atoms with Crippen LogP contribution in [-0.2, 0) is 20.8 Å². The maximum atomic E-state index is 10.4. The van der Waals surface area contributed by atoms with E-state index in [1.54, 1.807) is 10.9 Å². The van der Waals surface area contributed by atoms with Crippen molar-refractivity contribution in [3.8, 4) is 40.8 Å². The molecule has 10 heterocycles. The molecule has 456 valence electrons. The summed E-state index contributed by atoms with van der Waals surface area (Å²) in [7, 11) is 0. The number of hydrogen-bond acceptors (Lipinski definition) is 26. The lowest BCUT2D eigenvalue weighted by atomic mass is 10.1. The monoisotopic (exact) mass is 1200 g/mol. The molecule has 87 heavy (non-hydrogen) atoms. The van der Waals surface area contributed by atoms with E-state index in [2.05, 4.69) is 80.6 Å². The molecule has 0 bridgehead atoms. The van der Waals surface area contributed by atoms with Crippen LogP contribution < -0.4 is 21.9 Å². The second kappa shape index (κ2) is 27.7. The molecule has 12 rings (SSSR count). The molecular formula is C57H65N17O13. The number of imidazole rings is 3. The number of rotatable bonds is 15. The van der Waals surface area contributed by atoms with E-state index in [1.807, 2.05) is 66.9 Å². The first-order valence-electron chi connectivity index (χ1n) is 27.8. The first-order valence-corrected chi connectivity index (χ1v) is 27.8. The summed E-state index contributed by atoms with van der Waals surface area (Å²) in [5, 5.41) is 93.1. The standard InChI is InChI=1S/C20H21N7O4.C19H19N5O5.C18H25N5O4/c21-17-14-19(27(10-22-14)20-16(30)15(29)13(9-28)31-20)25-18(24-17)12-6-23-26(8-12)7-11-4-2-1-3-5-11;20-17-14-18(24(10-21-14)19-16(27)15(26)12(9-25)29-19)23-13(22-17)7-4-8-28-11-5-2-1-3-6-11;1-2-3-4-5-6-7-8-12-21-16(19)13-17(22-12)23(10-20-13)18-15(26)14(25)11(9-24)27-18/h1-6,8,10,13,15-16,20,28-30H,7,9H2,(H2,21,24,25);1-3,5-6,10,12,15-16,19,25-27H,8-9H2,(H2,20,22,23);10-11,14-15,18,24-26H,2-6,9H2,1H3,(H2,19,21,22)/t13-,15-,16-,20?;12-,15-,16-,19?;11-,14-,15-,18?/m000/s1. The zero-order valence-corrected chi connectivity index (χ0v) is 46.8. The predicted octanol–water partition coefficient (Wildman–Crippen LogP) is -0.276. The number of anilines is 3. The van der Waals surface area contributed by atoms with Crippen molar-refractivity contribution in [1.29, 1.82) is 0 Å². The molecule has 0 aliphatic carbocycles. The van der Waals surface area contributed by atoms with E-state index in [0.717, 1.165) is 24.8 Å². The van der Waals surface area contributed by atoms with Gasteiger partial charge in [0, 0.05) is 12.6 Å². The summed E-state index contributed by atoms with van der Waals surface area (Å²) in [6.45, 7) is 1.63. The zero-order chi connectivity index (χ0) is 61.3. The van der Waals surface area contributed by atoms with Gasteiger partial charge in [-0.1, -0.05) is 86.6 Å². The third kappa shape index (κ3) is 13.4. The average molecular weight is 1200 g/mol. The minimum atomic E-state index is -1.27. The van der Waals surface area contributed by atoms with Crippen LogP contribution in [0.25, 0.3) is 44.9 Å². The Bertz CT molecular complexity index is 3900. The normalized spacial score (nSPS) is 24.0. The van der Waals surface area contributed by atoms with Gasteiger partial charge >= 0.3 is 0 Å². The second-order valence-electron chi connectivity index (χ2n) is 20.4. The lowest BCUT2D eigenvalue weighted by Crippen LogP contribution is -2.33. The third-order valence-electron chi connectivity index (χ3n) is 14.4. The molecular weight excluding hydrogens is 1130 g/mol. The Kier molecular flexibility index (Phi) is 19.5. The number of nitrogen functional groups attached to an aromatic ring is 3. The predicted molar refractivity (Wildman–Crippen MR) is 309 cm³/mol. The highest BCUT2D eigenvalue weighted by Gasteiger charge is 2.46. The van der Waals surface area contributed by atoms with Gasteiger partial charge in [0.2, 0.25) is 11.6 Å². The summed E-state index contributed by atoms with van der Waals surface area (Å²) in [4.78, 5) is 38.5. The van der Waals surface area contributed by atoms with Gasteiger partial charge in [-0.3, -0.25) is 18.4 Å². The van der Waals surface area contributed by atoms with Crippen LogP contribution in [-0.4, -0.2) is 196 Å². The Balaban J connectivity index is 0.000000145. The number of nitrogens with two attached hydrogens (primary N) is 3. The molecule has 3 fully saturated rings. The van der Waals surface area contributed by atoms with E-state index < -0.39 is 93.4 Å². The smallest absolute Gasteiger partial charge is 0.209 e. The Hall–Kier alpha value is -8.86. The second-order valence-corrected chi connectivity index (χ2v) is 20.4. The topological polar surface area (TPSA) is 446 Å². The molecule has 3 unspecified atom stereocenters. The van der Waals surface area contributed by atoms with Crippen molar-refractivity contribution in [2.45, 2.75) is 119 Å². The van der Waals surface area contributed by atoms with Crippen LogP contribution >= 0.6 is 0 Å². The number of unbranched alkanes of at least 4 members (excludes halogenated alkanes) is 4. The van der Waals surface area contributed by atoms with E-state index in [0.29, 0.717) is 57.2 Å². The fourth-order valence-corrected chi connectivity index (χ4v) is 9.81. The van der Waals surface area contributed by atoms with Crippen molar-refractivity contribution in [2.24, 2.45) is 0 Å². The van der Waals surface area contributed by atoms with E-state index >= 15 is 0 Å². The lowest BCUT2D eigenvalue weighted by Gasteiger charge is -2.16. The van der Waals surface area contributed by atoms with E-state index in [1.165, 1.54) is 45.5 Å². The molecule has 30 heteroatoms. The van der Waals surface area contributed by atoms with Crippen molar-refractivity contribution in [2.75, 3.05) is 43.6 Å². The van der Waals surface area contributed by atoms with Crippen molar-refractivity contribution < 1.29 is 64.9 Å². The van der Waals surface area contributed by atoms with Crippen LogP contribution in [0.1, 0.15) is 74.9 Å². The Labute approximate surface area is 495 Å². The van der Waals surface area contributed by atoms with E-state index in [-0.39, 0.29) is 35.7 Å². The number of nitrogens with zero attached hydrogens (tertiary/aromatic N) is 14. The Morgan fingerprint density at radius 1 is 0.540 bits per heavy atom. The molecule has 0 spiro atoms. The third-order valence-corrected chi connectivity index (χ3v) is 14.4. The molecule has 0 saturated carbocycles. The average Bonchev–Trinajstić information content (AvgIpc) is 2.22. The Morgan fingerprint density at radius 3 is 1.47 bits per heavy atom. The molecule has 0 radical (unpaired) electrons. The minimum Gasteiger partial charge on any atom is -0.481 e. The fraction of sp³-hybridized carbons (Fsp3) is 0.404. The molecule has 2 aromatic carbocycles. The number of fused-ring (bicyclic) bond motifs is 3. The Morgan fingerprint density at radius 2 is 1.00 bits per heavy atom. The van der Waals surface area contributed by atoms with Gasteiger partial charge < -0.3 is 82.1 Å². The molecule has 3 aliphatic rings. The highest BCUT2D eigenvalue weighted by atomic mass is 16.6. The molecule has 3 saturated heterocycles. The number of hydrogen-bond donors (Lipinski definition) is 12. The van der Waals surface area contributed by atoms with Gasteiger partial charge in [0.15, 0.2) is 58.9 Å². The summed E-state index contributed by atoms with van der Waals surface area (Å²) in [6.07, 6.45) is -0.0689. The van der Waals surface area contributed by atoms with Gasteiger partial charge in [-0.05, 0) is 36.0 Å². The SMILES string of the molecule is CCCCCCC#Cc1nc(N)c2ncn(C3O[C@@H](CO)[C@H](O)[C@@H]3O)c2n1.Nc1nc(-c2cnn(Cc3ccccc3)c2)nc2c1ncn2C1O[C@@H](CO)[C@H](O)[C@@H]1O.Nc1nc(C#CCOc2ccccc2)nc2c1ncn2C1O[C@@H](CO)[C@H](O)[C@@H]1O. The number of para-hydroxylation sites is 1. The van der Waals surface area contributed by atoms with Gasteiger partial charge in [-0.25, -0.2) is 44.9 Å². The zero-order valence-electron chi connectivity index (χ0n) is 46.8. The fourth-order valence-electron chi connectivity index (χ4n) is 9.81. The van der Waals surface area contributed by atoms with Crippen LogP contribution in [0.4, 0.5) is 17.5 Å². The van der Waals surface area contributed by atoms with Crippen molar-refractivity contribution in [3.05, 3.63) is 109 Å². The van der Waals surface area contributed by atoms with Crippen LogP contribution in [0, 0.1) is 23.7 Å². The maximum Gasteiger partial charge on any atom is 0.209 e. The number of benzene rings is 2. The summed E-state index contributed by atoms with van der Waals surface area (Å²) < 4.78 is 28.3. The first-order chi connectivity index (χ1) is 42.2. The van der Waals surface area contributed by atoms with Crippen molar-refractivity contribution in [3.63, 3.8) is 0 Å². The van der Waals surface area contributed by atoms with Gasteiger partial charge in [-0.15, -0.1) is 0 Å². The number of ether oxygens (including phenoxy) is 4. The lowest BCUT2D eigenvalue weighted by molar-refractivity contribution is -0.0511. The highest BCUT2D eigenvalue weighted by Crippen LogP contribution is 2.35. The van der Waals surface area contributed by atoms with E-state index in [4.69, 9.17) is 36.1 Å². The summed E-state index contributed by atoms with van der Waals surface area (Å²) in [6, 6.07) is 19.2. The largest absolute Gasteiger partial charge is 0.481 e. The number of aliphatic hydroxyl groups is 9. The highest BCUT2D eigenvalue weighted by molar-refractivity contribution is 5.84. The molecule has 0 amide bonds. The summed E-state index contributed by atoms with van der Waals surface area (Å²) >= 11 is 0. The molecule has 12 atom stereocenters. The van der Waals surface area contributed by atoms with Gasteiger partial charge in [0.25, 0.3) is 0 Å². The maximum absolute atomic E-state index is 10.4. The summed E-state index contributed by atoms with van der Waals surface area (Å²) in [5.74, 6) is 13.5. The quantitative estimate of drug-likeness (QED) is 0.0464. The molecule has 7 aromatic heterocycles. The first kappa shape index (κ1) is 61.2. The number of aromatic nitrogens is 14. The number of aliphatic hydroxyl groups excluding tert-OH is 9. The van der Waals surface area contributed by atoms with Gasteiger partial charge in [0.1, 0.15) is 83.8 Å². The van der Waals surface area contributed by atoms with Crippen LogP contribution in [0.3, 0.4) is 0 Å². The van der Waals surface area contributed by atoms with Gasteiger partial charge in [0.05, 0.1) is 57.1 Å². The molecule has 3 aliphatic heterocycles. The van der Waals surface area contributed by atoms with Crippen molar-refractivity contribution in [1.82, 2.24) is 68.3 Å². The van der Waals surface area contributed by atoms with Gasteiger partial charge in [-0.2, -0.15) is 5.10 Å². The minimum absolute atomic E-state index is 0.119. The summed E-state index contributed by atoms with van der Waals surface area (Å²) in [5.41, 5.74) is 21.8. The van der Waals surface area contributed by atoms with Crippen molar-refractivity contribution >= 4 is 50.9 Å². The molecule has 15 N–H and O–H groups in total. The van der Waals surface area contributed by atoms with E-state index in [9.17, 15) is 46.0 Å². The van der Waals surface area contributed by atoms with Crippen LogP contribution in [0.15, 0.2) is 92.0 Å². The van der Waals surface area contributed by atoms with Crippen LogP contribution in [0.2, 0.25) is 0 Å². The van der Waals surface area contributed by atoms with Crippen LogP contribution in [0.5, 0.6) is 5.75 Å².